The lowest BCUT2D eigenvalue weighted by Gasteiger charge is -2.18. The van der Waals surface area contributed by atoms with Crippen LogP contribution in [0.4, 0.5) is 5.82 Å². The highest BCUT2D eigenvalue weighted by Gasteiger charge is 2.21. The normalized spacial score (nSPS) is 11.6. The predicted molar refractivity (Wildman–Crippen MR) is 123 cm³/mol. The third kappa shape index (κ3) is 6.96. The average molecular weight is 476 g/mol. The first-order valence-electron chi connectivity index (χ1n) is 9.95. The quantitative estimate of drug-likeness (QED) is 0.338. The summed E-state index contributed by atoms with van der Waals surface area (Å²) < 4.78 is 6.45. The van der Waals surface area contributed by atoms with Crippen LogP contribution in [0.15, 0.2) is 55.0 Å². The third-order valence-electron chi connectivity index (χ3n) is 4.62. The Labute approximate surface area is 195 Å². The van der Waals surface area contributed by atoms with Crippen molar-refractivity contribution >= 4 is 40.9 Å². The summed E-state index contributed by atoms with van der Waals surface area (Å²) in [5.41, 5.74) is 0.986. The van der Waals surface area contributed by atoms with Crippen molar-refractivity contribution < 1.29 is 14.3 Å². The molecule has 32 heavy (non-hydrogen) atoms. The van der Waals surface area contributed by atoms with Crippen LogP contribution in [-0.4, -0.2) is 40.3 Å². The number of hydrogen-bond donors (Lipinski definition) is 2. The molecule has 1 atom stereocenters. The van der Waals surface area contributed by atoms with E-state index in [9.17, 15) is 9.59 Å². The van der Waals surface area contributed by atoms with Gasteiger partial charge in [0.1, 0.15) is 5.82 Å². The van der Waals surface area contributed by atoms with Crippen molar-refractivity contribution in [3.05, 3.63) is 76.2 Å². The van der Waals surface area contributed by atoms with E-state index >= 15 is 0 Å². The van der Waals surface area contributed by atoms with E-state index in [1.807, 2.05) is 18.2 Å². The molecule has 0 radical (unpaired) electrons. The van der Waals surface area contributed by atoms with E-state index in [4.69, 9.17) is 27.9 Å². The van der Waals surface area contributed by atoms with Crippen LogP contribution in [0.25, 0.3) is 0 Å². The Morgan fingerprint density at radius 2 is 1.97 bits per heavy atom. The molecule has 0 aliphatic carbocycles. The number of rotatable bonds is 10. The van der Waals surface area contributed by atoms with E-state index in [0.717, 1.165) is 18.8 Å². The predicted octanol–water partition coefficient (Wildman–Crippen LogP) is 4.12. The number of methoxy groups -OCH3 is 1. The molecule has 0 aliphatic rings. The minimum absolute atomic E-state index is 0.0633. The molecule has 3 rings (SSSR count). The van der Waals surface area contributed by atoms with Gasteiger partial charge in [-0.25, -0.2) is 4.98 Å². The number of hydrogen-bond acceptors (Lipinski definition) is 6. The van der Waals surface area contributed by atoms with Crippen molar-refractivity contribution in [1.29, 1.82) is 0 Å². The molecule has 2 heterocycles. The molecule has 0 saturated carbocycles. The Kier molecular flexibility index (Phi) is 8.47. The summed E-state index contributed by atoms with van der Waals surface area (Å²) in [7, 11) is 1.29. The van der Waals surface area contributed by atoms with Gasteiger partial charge in [0.15, 0.2) is 0 Å². The summed E-state index contributed by atoms with van der Waals surface area (Å²) in [5, 5.41) is 11.1. The molecular formula is C22H23Cl2N5O3. The molecule has 2 aromatic heterocycles. The molecule has 0 saturated heterocycles. The third-order valence-corrected chi connectivity index (χ3v) is 5.06. The fourth-order valence-corrected chi connectivity index (χ4v) is 3.59. The number of nitrogens with one attached hydrogen (secondary N) is 2. The van der Waals surface area contributed by atoms with Crippen molar-refractivity contribution in [3.63, 3.8) is 0 Å². The molecule has 168 valence electrons. The van der Waals surface area contributed by atoms with Gasteiger partial charge in [0.05, 0.1) is 31.3 Å². The first-order valence-corrected chi connectivity index (χ1v) is 10.7. The number of anilines is 1. The van der Waals surface area contributed by atoms with Gasteiger partial charge in [0.2, 0.25) is 0 Å². The van der Waals surface area contributed by atoms with Crippen LogP contribution in [0.5, 0.6) is 0 Å². The van der Waals surface area contributed by atoms with Gasteiger partial charge in [-0.2, -0.15) is 5.10 Å². The first kappa shape index (κ1) is 23.6. The summed E-state index contributed by atoms with van der Waals surface area (Å²) in [4.78, 5) is 28.9. The summed E-state index contributed by atoms with van der Waals surface area (Å²) in [6, 6.07) is 9.90. The number of benzene rings is 1. The molecule has 0 fully saturated rings. The Balaban J connectivity index is 1.59. The Hall–Kier alpha value is -3.10. The van der Waals surface area contributed by atoms with Crippen molar-refractivity contribution in [2.24, 2.45) is 0 Å². The van der Waals surface area contributed by atoms with Crippen LogP contribution in [0.2, 0.25) is 10.0 Å². The Morgan fingerprint density at radius 3 is 2.66 bits per heavy atom. The van der Waals surface area contributed by atoms with Gasteiger partial charge in [-0.05, 0) is 42.3 Å². The molecule has 10 heteroatoms. The highest BCUT2D eigenvalue weighted by atomic mass is 35.5. The molecule has 1 amide bonds. The van der Waals surface area contributed by atoms with Crippen molar-refractivity contribution in [1.82, 2.24) is 20.1 Å². The van der Waals surface area contributed by atoms with Crippen LogP contribution < -0.4 is 10.6 Å². The number of nitrogens with zero attached hydrogens (tertiary/aromatic N) is 3. The Morgan fingerprint density at radius 1 is 1.19 bits per heavy atom. The standard InChI is InChI=1S/C22H23Cl2N5O3/c1-32-21(30)12-19(15-9-17(23)11-18(24)10-15)28-22(31)16-13-27-29(14-16)8-4-7-26-20-5-2-3-6-25-20/h2-3,5-6,9-11,13-14,19H,4,7-8,12H2,1H3,(H,25,26)(H,28,31)/t19-/m0/s1. The number of carbonyl (C=O) groups excluding carboxylic acids is 2. The lowest BCUT2D eigenvalue weighted by atomic mass is 10.0. The number of aryl methyl sites for hydroxylation is 1. The highest BCUT2D eigenvalue weighted by Crippen LogP contribution is 2.26. The summed E-state index contributed by atoms with van der Waals surface area (Å²) in [5.74, 6) is -0.0267. The van der Waals surface area contributed by atoms with Crippen molar-refractivity contribution in [2.45, 2.75) is 25.4 Å². The number of pyridine rings is 1. The fraction of sp³-hybridized carbons (Fsp3) is 0.273. The zero-order chi connectivity index (χ0) is 22.9. The molecular weight excluding hydrogens is 453 g/mol. The van der Waals surface area contributed by atoms with Crippen LogP contribution in [0, 0.1) is 0 Å². The maximum Gasteiger partial charge on any atom is 0.307 e. The van der Waals surface area contributed by atoms with Crippen LogP contribution in [0.3, 0.4) is 0 Å². The smallest absolute Gasteiger partial charge is 0.307 e. The molecule has 0 unspecified atom stereocenters. The maximum atomic E-state index is 12.8. The van der Waals surface area contributed by atoms with E-state index in [0.29, 0.717) is 27.7 Å². The molecule has 1 aromatic carbocycles. The second-order valence-corrected chi connectivity index (χ2v) is 7.87. The lowest BCUT2D eigenvalue weighted by molar-refractivity contribution is -0.141. The van der Waals surface area contributed by atoms with Gasteiger partial charge in [-0.15, -0.1) is 0 Å². The van der Waals surface area contributed by atoms with E-state index < -0.39 is 12.0 Å². The largest absolute Gasteiger partial charge is 0.469 e. The van der Waals surface area contributed by atoms with Gasteiger partial charge in [0, 0.05) is 35.5 Å². The second-order valence-electron chi connectivity index (χ2n) is 7.00. The SMILES string of the molecule is COC(=O)C[C@H](NC(=O)c1cnn(CCCNc2ccccn2)c1)c1cc(Cl)cc(Cl)c1. The summed E-state index contributed by atoms with van der Waals surface area (Å²) >= 11 is 12.2. The van der Waals surface area contributed by atoms with Gasteiger partial charge in [-0.3, -0.25) is 14.3 Å². The number of ether oxygens (including phenoxy) is 1. The molecule has 0 aliphatic heterocycles. The van der Waals surface area contributed by atoms with Crippen LogP contribution in [0.1, 0.15) is 34.8 Å². The van der Waals surface area contributed by atoms with Crippen LogP contribution in [-0.2, 0) is 16.1 Å². The number of carbonyl (C=O) groups is 2. The molecule has 0 bridgehead atoms. The minimum atomic E-state index is -0.655. The minimum Gasteiger partial charge on any atom is -0.469 e. The number of amides is 1. The van der Waals surface area contributed by atoms with E-state index in [1.165, 1.54) is 13.3 Å². The average Bonchev–Trinajstić information content (AvgIpc) is 3.25. The highest BCUT2D eigenvalue weighted by molar-refractivity contribution is 6.34. The second kappa shape index (κ2) is 11.5. The van der Waals surface area contributed by atoms with Gasteiger partial charge in [-0.1, -0.05) is 29.3 Å². The topological polar surface area (TPSA) is 98.1 Å². The van der Waals surface area contributed by atoms with Gasteiger partial charge >= 0.3 is 5.97 Å². The van der Waals surface area contributed by atoms with Gasteiger partial charge in [0.25, 0.3) is 5.91 Å². The molecule has 8 nitrogen and oxygen atoms in total. The fourth-order valence-electron chi connectivity index (χ4n) is 3.05. The van der Waals surface area contributed by atoms with Gasteiger partial charge < -0.3 is 15.4 Å². The zero-order valence-corrected chi connectivity index (χ0v) is 18.9. The molecule has 0 spiro atoms. The van der Waals surface area contributed by atoms with Crippen molar-refractivity contribution in [3.8, 4) is 0 Å². The Bertz CT molecular complexity index is 1040. The number of halogens is 2. The maximum absolute atomic E-state index is 12.8. The van der Waals surface area contributed by atoms with Crippen molar-refractivity contribution in [2.75, 3.05) is 19.0 Å². The zero-order valence-electron chi connectivity index (χ0n) is 17.4. The number of aromatic nitrogens is 3. The van der Waals surface area contributed by atoms with E-state index in [-0.39, 0.29) is 12.3 Å². The lowest BCUT2D eigenvalue weighted by Crippen LogP contribution is -2.30. The number of esters is 1. The summed E-state index contributed by atoms with van der Waals surface area (Å²) in [6.07, 6.45) is 5.61. The monoisotopic (exact) mass is 475 g/mol. The van der Waals surface area contributed by atoms with E-state index in [1.54, 1.807) is 35.3 Å². The van der Waals surface area contributed by atoms with Crippen LogP contribution >= 0.6 is 23.2 Å². The molecule has 3 aromatic rings. The summed E-state index contributed by atoms with van der Waals surface area (Å²) in [6.45, 7) is 1.34. The van der Waals surface area contributed by atoms with E-state index in [2.05, 4.69) is 20.7 Å². The first-order chi connectivity index (χ1) is 15.4. The molecule has 2 N–H and O–H groups in total.